The molecule has 1 atom stereocenters. The van der Waals surface area contributed by atoms with Gasteiger partial charge in [0, 0.05) is 11.6 Å². The molecule has 1 rings (SSSR count). The summed E-state index contributed by atoms with van der Waals surface area (Å²) >= 11 is 1.41. The highest BCUT2D eigenvalue weighted by Crippen LogP contribution is 2.21. The van der Waals surface area contributed by atoms with Gasteiger partial charge in [0.1, 0.15) is 5.01 Å². The van der Waals surface area contributed by atoms with Crippen LogP contribution in [0.2, 0.25) is 0 Å². The molecule has 0 spiro atoms. The molecule has 58 valence electrons. The van der Waals surface area contributed by atoms with Crippen molar-refractivity contribution in [3.8, 4) is 11.8 Å². The Morgan fingerprint density at radius 1 is 1.73 bits per heavy atom. The van der Waals surface area contributed by atoms with E-state index in [1.807, 2.05) is 5.38 Å². The van der Waals surface area contributed by atoms with Gasteiger partial charge in [0.05, 0.1) is 0 Å². The van der Waals surface area contributed by atoms with Crippen LogP contribution < -0.4 is 0 Å². The molecule has 0 aliphatic carbocycles. The van der Waals surface area contributed by atoms with Crippen molar-refractivity contribution >= 4 is 11.3 Å². The summed E-state index contributed by atoms with van der Waals surface area (Å²) in [4.78, 5) is 3.97. The van der Waals surface area contributed by atoms with E-state index in [9.17, 15) is 5.11 Å². The zero-order valence-corrected chi connectivity index (χ0v) is 7.27. The van der Waals surface area contributed by atoms with Crippen molar-refractivity contribution in [2.24, 2.45) is 0 Å². The average molecular weight is 167 g/mol. The van der Waals surface area contributed by atoms with Crippen LogP contribution in [0.5, 0.6) is 0 Å². The van der Waals surface area contributed by atoms with E-state index >= 15 is 0 Å². The van der Waals surface area contributed by atoms with Crippen molar-refractivity contribution in [2.45, 2.75) is 19.4 Å². The number of hydrogen-bond donors (Lipinski definition) is 1. The summed E-state index contributed by atoms with van der Waals surface area (Å²) in [5.41, 5.74) is -1.08. The summed E-state index contributed by atoms with van der Waals surface area (Å²) in [5, 5.41) is 12.1. The lowest BCUT2D eigenvalue weighted by atomic mass is 10.1. The van der Waals surface area contributed by atoms with Gasteiger partial charge in [-0.25, -0.2) is 4.98 Å². The zero-order valence-electron chi connectivity index (χ0n) is 6.46. The van der Waals surface area contributed by atoms with Crippen LogP contribution in [0.25, 0.3) is 0 Å². The third-order valence-electron chi connectivity index (χ3n) is 1.22. The van der Waals surface area contributed by atoms with Gasteiger partial charge in [-0.05, 0) is 13.8 Å². The average Bonchev–Trinajstić information content (AvgIpc) is 2.37. The molecule has 2 nitrogen and oxygen atoms in total. The predicted molar refractivity (Wildman–Crippen MR) is 45.1 cm³/mol. The molecule has 3 heteroatoms. The Labute approximate surface area is 69.9 Å². The first-order valence-corrected chi connectivity index (χ1v) is 4.11. The third kappa shape index (κ3) is 1.79. The predicted octanol–water partition coefficient (Wildman–Crippen LogP) is 1.37. The largest absolute Gasteiger partial charge is 0.371 e. The zero-order chi connectivity index (χ0) is 8.32. The van der Waals surface area contributed by atoms with Crippen LogP contribution in [0.3, 0.4) is 0 Å². The highest BCUT2D eigenvalue weighted by atomic mass is 32.1. The Bertz CT molecular complexity index is 279. The summed E-state index contributed by atoms with van der Waals surface area (Å²) in [6, 6.07) is 0. The summed E-state index contributed by atoms with van der Waals surface area (Å²) < 4.78 is 0. The SMILES string of the molecule is CC#CC(C)(O)c1nccs1. The molecule has 0 aromatic carbocycles. The van der Waals surface area contributed by atoms with Gasteiger partial charge in [-0.3, -0.25) is 0 Å². The molecule has 0 radical (unpaired) electrons. The van der Waals surface area contributed by atoms with Crippen molar-refractivity contribution in [1.29, 1.82) is 0 Å². The van der Waals surface area contributed by atoms with Crippen molar-refractivity contribution in [3.05, 3.63) is 16.6 Å². The molecule has 11 heavy (non-hydrogen) atoms. The van der Waals surface area contributed by atoms with E-state index in [0.717, 1.165) is 0 Å². The molecule has 1 aromatic rings. The lowest BCUT2D eigenvalue weighted by molar-refractivity contribution is 0.122. The summed E-state index contributed by atoms with van der Waals surface area (Å²) in [6.45, 7) is 3.34. The lowest BCUT2D eigenvalue weighted by Gasteiger charge is -2.11. The molecule has 0 saturated heterocycles. The van der Waals surface area contributed by atoms with E-state index in [-0.39, 0.29) is 0 Å². The van der Waals surface area contributed by atoms with Crippen LogP contribution >= 0.6 is 11.3 Å². The second-order valence-electron chi connectivity index (χ2n) is 2.28. The van der Waals surface area contributed by atoms with Crippen LogP contribution in [0, 0.1) is 11.8 Å². The van der Waals surface area contributed by atoms with Gasteiger partial charge in [0.15, 0.2) is 5.60 Å². The minimum absolute atomic E-state index is 0.645. The molecule has 0 amide bonds. The van der Waals surface area contributed by atoms with E-state index in [1.165, 1.54) is 11.3 Å². The van der Waals surface area contributed by atoms with Crippen LogP contribution in [0.4, 0.5) is 0 Å². The third-order valence-corrected chi connectivity index (χ3v) is 2.20. The minimum atomic E-state index is -1.08. The molecule has 1 N–H and O–H groups in total. The molecule has 0 aliphatic heterocycles. The molecule has 1 heterocycles. The Kier molecular flexibility index (Phi) is 2.28. The molecular weight excluding hydrogens is 158 g/mol. The van der Waals surface area contributed by atoms with Gasteiger partial charge in [-0.1, -0.05) is 5.92 Å². The van der Waals surface area contributed by atoms with E-state index in [1.54, 1.807) is 20.0 Å². The van der Waals surface area contributed by atoms with Crippen molar-refractivity contribution in [1.82, 2.24) is 4.98 Å². The number of hydrogen-bond acceptors (Lipinski definition) is 3. The fourth-order valence-corrected chi connectivity index (χ4v) is 1.41. The first-order valence-electron chi connectivity index (χ1n) is 3.23. The molecule has 0 saturated carbocycles. The van der Waals surface area contributed by atoms with Crippen molar-refractivity contribution < 1.29 is 5.11 Å². The molecule has 0 fully saturated rings. The summed E-state index contributed by atoms with van der Waals surface area (Å²) in [5.74, 6) is 5.34. The maximum Gasteiger partial charge on any atom is 0.174 e. The summed E-state index contributed by atoms with van der Waals surface area (Å²) in [6.07, 6.45) is 1.66. The molecular formula is C8H9NOS. The quantitative estimate of drug-likeness (QED) is 0.641. The van der Waals surface area contributed by atoms with Gasteiger partial charge >= 0.3 is 0 Å². The van der Waals surface area contributed by atoms with Crippen molar-refractivity contribution in [3.63, 3.8) is 0 Å². The summed E-state index contributed by atoms with van der Waals surface area (Å²) in [7, 11) is 0. The number of aromatic nitrogens is 1. The van der Waals surface area contributed by atoms with Crippen LogP contribution in [-0.2, 0) is 5.60 Å². The number of rotatable bonds is 1. The highest BCUT2D eigenvalue weighted by Gasteiger charge is 2.22. The van der Waals surface area contributed by atoms with E-state index in [4.69, 9.17) is 0 Å². The van der Waals surface area contributed by atoms with Crippen LogP contribution in [-0.4, -0.2) is 10.1 Å². The second kappa shape index (κ2) is 3.04. The standard InChI is InChI=1S/C8H9NOS/c1-3-4-8(2,10)7-9-5-6-11-7/h5-6,10H,1-2H3. The van der Waals surface area contributed by atoms with Crippen LogP contribution in [0.1, 0.15) is 18.9 Å². The maximum absolute atomic E-state index is 9.65. The van der Waals surface area contributed by atoms with E-state index < -0.39 is 5.60 Å². The number of thiazole rings is 1. The topological polar surface area (TPSA) is 33.1 Å². The van der Waals surface area contributed by atoms with Gasteiger partial charge in [0.2, 0.25) is 0 Å². The molecule has 1 unspecified atom stereocenters. The number of nitrogens with zero attached hydrogens (tertiary/aromatic N) is 1. The fourth-order valence-electron chi connectivity index (χ4n) is 0.761. The normalized spacial score (nSPS) is 14.8. The molecule has 1 aromatic heterocycles. The van der Waals surface area contributed by atoms with Gasteiger partial charge in [0.25, 0.3) is 0 Å². The molecule has 0 bridgehead atoms. The number of aliphatic hydroxyl groups is 1. The Morgan fingerprint density at radius 3 is 2.91 bits per heavy atom. The van der Waals surface area contributed by atoms with Gasteiger partial charge < -0.3 is 5.11 Å². The smallest absolute Gasteiger partial charge is 0.174 e. The van der Waals surface area contributed by atoms with Crippen LogP contribution in [0.15, 0.2) is 11.6 Å². The van der Waals surface area contributed by atoms with Gasteiger partial charge in [-0.2, -0.15) is 0 Å². The van der Waals surface area contributed by atoms with Crippen molar-refractivity contribution in [2.75, 3.05) is 0 Å². The van der Waals surface area contributed by atoms with E-state index in [2.05, 4.69) is 16.8 Å². The Balaban J connectivity index is 2.96. The highest BCUT2D eigenvalue weighted by molar-refractivity contribution is 7.09. The fraction of sp³-hybridized carbons (Fsp3) is 0.375. The second-order valence-corrected chi connectivity index (χ2v) is 3.18. The Hall–Kier alpha value is -0.850. The monoisotopic (exact) mass is 167 g/mol. The van der Waals surface area contributed by atoms with E-state index in [0.29, 0.717) is 5.01 Å². The first-order chi connectivity index (χ1) is 5.17. The lowest BCUT2D eigenvalue weighted by Crippen LogP contribution is -2.17. The molecule has 0 aliphatic rings. The maximum atomic E-state index is 9.65. The first kappa shape index (κ1) is 8.25. The minimum Gasteiger partial charge on any atom is -0.371 e. The van der Waals surface area contributed by atoms with Gasteiger partial charge in [-0.15, -0.1) is 17.3 Å². The Morgan fingerprint density at radius 2 is 2.45 bits per heavy atom.